The summed E-state index contributed by atoms with van der Waals surface area (Å²) in [7, 11) is -2.88. The van der Waals surface area contributed by atoms with Gasteiger partial charge in [-0.15, -0.1) is 0 Å². The van der Waals surface area contributed by atoms with E-state index in [0.717, 1.165) is 6.42 Å². The van der Waals surface area contributed by atoms with Gasteiger partial charge in [-0.2, -0.15) is 0 Å². The van der Waals surface area contributed by atoms with Crippen LogP contribution in [0.2, 0.25) is 0 Å². The van der Waals surface area contributed by atoms with Gasteiger partial charge in [0, 0.05) is 19.1 Å². The summed E-state index contributed by atoms with van der Waals surface area (Å²) in [5, 5.41) is 8.71. The Hall–Kier alpha value is -0.620. The summed E-state index contributed by atoms with van der Waals surface area (Å²) < 4.78 is 22.8. The minimum atomic E-state index is -2.88. The standard InChI is InChI=1S/C9H15NO4S/c11-9(12)7-4-10(5-7)8-2-1-3-15(13,14)6-8/h7-8H,1-6H2,(H,11,12). The lowest BCUT2D eigenvalue weighted by Gasteiger charge is -2.43. The van der Waals surface area contributed by atoms with Crippen molar-refractivity contribution in [3.8, 4) is 0 Å². The summed E-state index contributed by atoms with van der Waals surface area (Å²) in [6, 6.07) is 0.0550. The van der Waals surface area contributed by atoms with Gasteiger partial charge in [-0.05, 0) is 12.8 Å². The van der Waals surface area contributed by atoms with Gasteiger partial charge in [0.25, 0.3) is 0 Å². The van der Waals surface area contributed by atoms with Crippen LogP contribution in [-0.4, -0.2) is 55.0 Å². The molecule has 0 bridgehead atoms. The number of hydrogen-bond acceptors (Lipinski definition) is 4. The van der Waals surface area contributed by atoms with Crippen molar-refractivity contribution in [2.24, 2.45) is 5.92 Å². The molecule has 2 heterocycles. The molecule has 15 heavy (non-hydrogen) atoms. The van der Waals surface area contributed by atoms with Gasteiger partial charge in [-0.25, -0.2) is 8.42 Å². The quantitative estimate of drug-likeness (QED) is 0.701. The van der Waals surface area contributed by atoms with Crippen molar-refractivity contribution < 1.29 is 18.3 Å². The van der Waals surface area contributed by atoms with Crippen molar-refractivity contribution in [1.82, 2.24) is 4.90 Å². The van der Waals surface area contributed by atoms with E-state index in [0.29, 0.717) is 25.3 Å². The number of sulfone groups is 1. The predicted octanol–water partition coefficient (Wildman–Crippen LogP) is -0.420. The summed E-state index contributed by atoms with van der Waals surface area (Å²) in [5.74, 6) is -0.571. The van der Waals surface area contributed by atoms with Crippen molar-refractivity contribution >= 4 is 15.8 Å². The molecule has 0 amide bonds. The molecule has 86 valence electrons. The maximum absolute atomic E-state index is 11.4. The normalized spacial score (nSPS) is 32.1. The molecule has 0 saturated carbocycles. The molecule has 2 aliphatic rings. The summed E-state index contributed by atoms with van der Waals surface area (Å²) in [6.45, 7) is 1.02. The van der Waals surface area contributed by atoms with Gasteiger partial charge in [0.2, 0.25) is 0 Å². The first kappa shape index (κ1) is 10.9. The molecule has 1 N–H and O–H groups in total. The minimum absolute atomic E-state index is 0.0550. The fraction of sp³-hybridized carbons (Fsp3) is 0.889. The molecule has 0 aromatic heterocycles. The molecule has 1 unspecified atom stereocenters. The number of nitrogens with zero attached hydrogens (tertiary/aromatic N) is 1. The first-order chi connectivity index (χ1) is 6.98. The van der Waals surface area contributed by atoms with Crippen molar-refractivity contribution in [1.29, 1.82) is 0 Å². The first-order valence-corrected chi connectivity index (χ1v) is 6.97. The molecule has 5 nitrogen and oxygen atoms in total. The highest BCUT2D eigenvalue weighted by molar-refractivity contribution is 7.91. The summed E-state index contributed by atoms with van der Waals surface area (Å²) in [4.78, 5) is 12.6. The van der Waals surface area contributed by atoms with Crippen LogP contribution in [0.1, 0.15) is 12.8 Å². The van der Waals surface area contributed by atoms with Crippen LogP contribution in [0.15, 0.2) is 0 Å². The highest BCUT2D eigenvalue weighted by atomic mass is 32.2. The zero-order valence-corrected chi connectivity index (χ0v) is 9.24. The van der Waals surface area contributed by atoms with E-state index in [1.807, 2.05) is 4.90 Å². The van der Waals surface area contributed by atoms with Crippen LogP contribution >= 0.6 is 0 Å². The van der Waals surface area contributed by atoms with Gasteiger partial charge in [-0.1, -0.05) is 0 Å². The molecule has 0 radical (unpaired) electrons. The molecule has 0 aromatic rings. The minimum Gasteiger partial charge on any atom is -0.481 e. The second-order valence-electron chi connectivity index (χ2n) is 4.40. The highest BCUT2D eigenvalue weighted by Crippen LogP contribution is 2.25. The average Bonchev–Trinajstić information content (AvgIpc) is 1.97. The van der Waals surface area contributed by atoms with Crippen LogP contribution in [-0.2, 0) is 14.6 Å². The van der Waals surface area contributed by atoms with Crippen LogP contribution in [0.5, 0.6) is 0 Å². The lowest BCUT2D eigenvalue weighted by Crippen LogP contribution is -2.57. The van der Waals surface area contributed by atoms with Crippen LogP contribution in [0.25, 0.3) is 0 Å². The van der Waals surface area contributed by atoms with Gasteiger partial charge in [0.1, 0.15) is 0 Å². The predicted molar refractivity (Wildman–Crippen MR) is 54.4 cm³/mol. The van der Waals surface area contributed by atoms with E-state index in [1.54, 1.807) is 0 Å². The fourth-order valence-electron chi connectivity index (χ4n) is 2.25. The van der Waals surface area contributed by atoms with E-state index in [1.165, 1.54) is 0 Å². The number of hydrogen-bond donors (Lipinski definition) is 1. The Morgan fingerprint density at radius 1 is 1.33 bits per heavy atom. The third kappa shape index (κ3) is 2.31. The Balaban J connectivity index is 1.89. The Morgan fingerprint density at radius 3 is 2.53 bits per heavy atom. The Morgan fingerprint density at radius 2 is 2.00 bits per heavy atom. The lowest BCUT2D eigenvalue weighted by molar-refractivity contribution is -0.148. The van der Waals surface area contributed by atoms with E-state index in [4.69, 9.17) is 5.11 Å². The molecule has 0 aromatic carbocycles. The Bertz CT molecular complexity index is 358. The molecule has 2 aliphatic heterocycles. The van der Waals surface area contributed by atoms with Gasteiger partial charge in [0.05, 0.1) is 17.4 Å². The Labute approximate surface area is 89.0 Å². The SMILES string of the molecule is O=C(O)C1CN(C2CCCS(=O)(=O)C2)C1. The van der Waals surface area contributed by atoms with Crippen molar-refractivity contribution in [2.45, 2.75) is 18.9 Å². The number of likely N-dealkylation sites (tertiary alicyclic amines) is 1. The monoisotopic (exact) mass is 233 g/mol. The molecular weight excluding hydrogens is 218 g/mol. The van der Waals surface area contributed by atoms with Gasteiger partial charge in [-0.3, -0.25) is 9.69 Å². The van der Waals surface area contributed by atoms with Gasteiger partial charge < -0.3 is 5.11 Å². The van der Waals surface area contributed by atoms with Crippen molar-refractivity contribution in [3.05, 3.63) is 0 Å². The molecule has 2 fully saturated rings. The zero-order valence-electron chi connectivity index (χ0n) is 8.42. The average molecular weight is 233 g/mol. The topological polar surface area (TPSA) is 74.7 Å². The molecule has 1 atom stereocenters. The Kier molecular flexibility index (Phi) is 2.72. The summed E-state index contributed by atoms with van der Waals surface area (Å²) >= 11 is 0. The van der Waals surface area contributed by atoms with E-state index < -0.39 is 15.8 Å². The molecular formula is C9H15NO4S. The smallest absolute Gasteiger partial charge is 0.309 e. The molecule has 6 heteroatoms. The van der Waals surface area contributed by atoms with Crippen molar-refractivity contribution in [2.75, 3.05) is 24.6 Å². The fourth-order valence-corrected chi connectivity index (χ4v) is 3.99. The van der Waals surface area contributed by atoms with Gasteiger partial charge in [0.15, 0.2) is 9.84 Å². The van der Waals surface area contributed by atoms with Crippen LogP contribution in [0.4, 0.5) is 0 Å². The first-order valence-electron chi connectivity index (χ1n) is 5.15. The maximum Gasteiger partial charge on any atom is 0.309 e. The molecule has 0 aliphatic carbocycles. The lowest BCUT2D eigenvalue weighted by atomic mass is 9.96. The second-order valence-corrected chi connectivity index (χ2v) is 6.63. The zero-order chi connectivity index (χ0) is 11.1. The van der Waals surface area contributed by atoms with E-state index in [2.05, 4.69) is 0 Å². The van der Waals surface area contributed by atoms with Crippen LogP contribution in [0.3, 0.4) is 0 Å². The van der Waals surface area contributed by atoms with Crippen molar-refractivity contribution in [3.63, 3.8) is 0 Å². The molecule has 2 rings (SSSR count). The van der Waals surface area contributed by atoms with Crippen LogP contribution in [0, 0.1) is 5.92 Å². The van der Waals surface area contributed by atoms with E-state index >= 15 is 0 Å². The third-order valence-corrected chi connectivity index (χ3v) is 5.02. The summed E-state index contributed by atoms with van der Waals surface area (Å²) in [5.41, 5.74) is 0. The number of carbonyl (C=O) groups is 1. The summed E-state index contributed by atoms with van der Waals surface area (Å²) in [6.07, 6.45) is 1.59. The van der Waals surface area contributed by atoms with Gasteiger partial charge >= 0.3 is 5.97 Å². The van der Waals surface area contributed by atoms with E-state index in [9.17, 15) is 13.2 Å². The largest absolute Gasteiger partial charge is 0.481 e. The maximum atomic E-state index is 11.4. The molecule has 2 saturated heterocycles. The number of rotatable bonds is 2. The molecule has 0 spiro atoms. The van der Waals surface area contributed by atoms with Crippen LogP contribution < -0.4 is 0 Å². The third-order valence-electron chi connectivity index (χ3n) is 3.21. The second kappa shape index (κ2) is 3.75. The van der Waals surface area contributed by atoms with E-state index in [-0.39, 0.29) is 17.7 Å². The number of aliphatic carboxylic acids is 1. The highest BCUT2D eigenvalue weighted by Gasteiger charge is 2.39. The number of carboxylic acid groups (broad SMARTS) is 1. The number of carboxylic acids is 1.